The number of rotatable bonds is 3. The lowest BCUT2D eigenvalue weighted by molar-refractivity contribution is -0.116. The first-order chi connectivity index (χ1) is 14.4. The van der Waals surface area contributed by atoms with E-state index in [0.29, 0.717) is 36.1 Å². The summed E-state index contributed by atoms with van der Waals surface area (Å²) >= 11 is 1.49. The van der Waals surface area contributed by atoms with Crippen LogP contribution in [0.2, 0.25) is 0 Å². The van der Waals surface area contributed by atoms with Gasteiger partial charge in [-0.3, -0.25) is 15.0 Å². The Hall–Kier alpha value is -3.57. The van der Waals surface area contributed by atoms with Gasteiger partial charge >= 0.3 is 0 Å². The number of ketones is 1. The topological polar surface area (TPSA) is 119 Å². The van der Waals surface area contributed by atoms with Gasteiger partial charge in [-0.2, -0.15) is 5.26 Å². The minimum absolute atomic E-state index is 0.0295. The Labute approximate surface area is 177 Å². The number of aryl methyl sites for hydroxylation is 1. The van der Waals surface area contributed by atoms with E-state index in [1.165, 1.54) is 40.6 Å². The Morgan fingerprint density at radius 3 is 2.67 bits per heavy atom. The zero-order valence-electron chi connectivity index (χ0n) is 16.3. The predicted octanol–water partition coefficient (Wildman–Crippen LogP) is 3.21. The second-order valence-electron chi connectivity index (χ2n) is 7.27. The number of hydrogen-bond donors (Lipinski definition) is 3. The lowest BCUT2D eigenvalue weighted by atomic mass is 9.78. The maximum Gasteiger partial charge on any atom is 0.270 e. The Kier molecular flexibility index (Phi) is 5.06. The van der Waals surface area contributed by atoms with Crippen LogP contribution in [0.5, 0.6) is 5.75 Å². The molecule has 1 unspecified atom stereocenters. The van der Waals surface area contributed by atoms with Crippen LogP contribution in [0.25, 0.3) is 0 Å². The molecular weight excluding hydrogens is 400 g/mol. The fourth-order valence-electron chi connectivity index (χ4n) is 3.94. The highest BCUT2D eigenvalue weighted by atomic mass is 32.1. The number of hydrazine groups is 1. The highest BCUT2D eigenvalue weighted by Crippen LogP contribution is 2.46. The molecule has 7 nitrogen and oxygen atoms in total. The van der Waals surface area contributed by atoms with Gasteiger partial charge in [0, 0.05) is 22.4 Å². The number of amides is 1. The minimum Gasteiger partial charge on any atom is -0.508 e. The molecule has 0 saturated carbocycles. The van der Waals surface area contributed by atoms with Crippen LogP contribution < -0.4 is 11.2 Å². The number of phenols is 1. The van der Waals surface area contributed by atoms with E-state index in [4.69, 9.17) is 5.73 Å². The Bertz CT molecular complexity index is 1140. The van der Waals surface area contributed by atoms with E-state index >= 15 is 0 Å². The molecule has 1 aromatic heterocycles. The molecule has 152 valence electrons. The average Bonchev–Trinajstić information content (AvgIpc) is 3.15. The number of nitrogens with two attached hydrogens (primary N) is 1. The quantitative estimate of drug-likeness (QED) is 0.701. The molecule has 1 atom stereocenters. The third-order valence-corrected chi connectivity index (χ3v) is 6.50. The first-order valence-corrected chi connectivity index (χ1v) is 10.4. The van der Waals surface area contributed by atoms with Crippen molar-refractivity contribution in [3.8, 4) is 11.8 Å². The van der Waals surface area contributed by atoms with Crippen molar-refractivity contribution < 1.29 is 14.7 Å². The Morgan fingerprint density at radius 2 is 2.03 bits per heavy atom. The van der Waals surface area contributed by atoms with Gasteiger partial charge in [0.15, 0.2) is 5.78 Å². The molecule has 0 bridgehead atoms. The smallest absolute Gasteiger partial charge is 0.270 e. The molecule has 1 aliphatic heterocycles. The van der Waals surface area contributed by atoms with Crippen LogP contribution in [-0.2, 0) is 4.79 Å². The van der Waals surface area contributed by atoms with Crippen molar-refractivity contribution in [2.45, 2.75) is 32.1 Å². The summed E-state index contributed by atoms with van der Waals surface area (Å²) in [5, 5.41) is 22.7. The number of nitrogens with one attached hydrogen (secondary N) is 1. The lowest BCUT2D eigenvalue weighted by Crippen LogP contribution is -2.48. The number of phenolic OH excluding ortho intramolecular Hbond substituents is 1. The van der Waals surface area contributed by atoms with Crippen LogP contribution in [0.1, 0.15) is 46.0 Å². The highest BCUT2D eigenvalue weighted by molar-refractivity contribution is 7.10. The van der Waals surface area contributed by atoms with E-state index in [0.717, 1.165) is 10.4 Å². The van der Waals surface area contributed by atoms with Crippen LogP contribution >= 0.6 is 11.3 Å². The molecule has 1 aromatic carbocycles. The van der Waals surface area contributed by atoms with E-state index in [1.807, 2.05) is 18.4 Å². The van der Waals surface area contributed by atoms with Crippen molar-refractivity contribution in [1.82, 2.24) is 10.4 Å². The third-order valence-electron chi connectivity index (χ3n) is 5.42. The van der Waals surface area contributed by atoms with Crippen molar-refractivity contribution in [2.24, 2.45) is 5.73 Å². The summed E-state index contributed by atoms with van der Waals surface area (Å²) in [5.74, 6) is -0.827. The number of allylic oxidation sites excluding steroid dienone is 3. The molecule has 0 fully saturated rings. The van der Waals surface area contributed by atoms with Gasteiger partial charge in [0.25, 0.3) is 5.91 Å². The number of thiophene rings is 1. The van der Waals surface area contributed by atoms with Crippen LogP contribution in [0.15, 0.2) is 58.4 Å². The zero-order chi connectivity index (χ0) is 21.4. The van der Waals surface area contributed by atoms with Crippen LogP contribution in [-0.4, -0.2) is 21.8 Å². The van der Waals surface area contributed by atoms with E-state index in [-0.39, 0.29) is 22.9 Å². The number of nitrogens with zero attached hydrogens (tertiary/aromatic N) is 2. The van der Waals surface area contributed by atoms with Gasteiger partial charge in [0.1, 0.15) is 11.6 Å². The minimum atomic E-state index is -0.514. The van der Waals surface area contributed by atoms with Crippen molar-refractivity contribution in [1.29, 1.82) is 5.26 Å². The number of nitriles is 1. The standard InChI is InChI=1S/C22H20N4O3S/c1-12-9-10-30-20(12)18-15(11-23)21(24)26(16-3-2-4-17(28)19(16)18)25-22(29)13-5-7-14(27)8-6-13/h5-10,18,27H,2-4,24H2,1H3,(H,25,29). The third kappa shape index (κ3) is 3.23. The van der Waals surface area contributed by atoms with Gasteiger partial charge in [0.05, 0.1) is 23.3 Å². The fraction of sp³-hybridized carbons (Fsp3) is 0.227. The van der Waals surface area contributed by atoms with Gasteiger partial charge in [-0.1, -0.05) is 0 Å². The molecule has 2 aliphatic rings. The number of Topliss-reactive ketones (excluding diaryl/α,β-unsaturated/α-hetero) is 1. The summed E-state index contributed by atoms with van der Waals surface area (Å²) in [6.07, 6.45) is 1.62. The van der Waals surface area contributed by atoms with Crippen molar-refractivity contribution in [3.05, 3.63) is 74.4 Å². The molecule has 0 radical (unpaired) electrons. The summed E-state index contributed by atoms with van der Waals surface area (Å²) in [4.78, 5) is 26.7. The predicted molar refractivity (Wildman–Crippen MR) is 112 cm³/mol. The normalized spacial score (nSPS) is 18.9. The molecule has 30 heavy (non-hydrogen) atoms. The van der Waals surface area contributed by atoms with Gasteiger partial charge in [0.2, 0.25) is 0 Å². The molecule has 2 heterocycles. The summed E-state index contributed by atoms with van der Waals surface area (Å²) in [6.45, 7) is 1.95. The number of carbonyl (C=O) groups excluding carboxylic acids is 2. The monoisotopic (exact) mass is 420 g/mol. The van der Waals surface area contributed by atoms with Crippen LogP contribution in [0.3, 0.4) is 0 Å². The fourth-order valence-corrected chi connectivity index (χ4v) is 4.98. The van der Waals surface area contributed by atoms with E-state index in [2.05, 4.69) is 11.5 Å². The largest absolute Gasteiger partial charge is 0.508 e. The summed E-state index contributed by atoms with van der Waals surface area (Å²) < 4.78 is 0. The molecule has 0 spiro atoms. The molecule has 0 saturated heterocycles. The summed E-state index contributed by atoms with van der Waals surface area (Å²) in [7, 11) is 0. The number of hydrogen-bond acceptors (Lipinski definition) is 7. The molecular formula is C22H20N4O3S. The number of aromatic hydroxyl groups is 1. The molecule has 2 aromatic rings. The molecule has 4 rings (SSSR count). The first-order valence-electron chi connectivity index (χ1n) is 9.52. The van der Waals surface area contributed by atoms with E-state index in [1.54, 1.807) is 0 Å². The van der Waals surface area contributed by atoms with Gasteiger partial charge in [-0.25, -0.2) is 5.01 Å². The Morgan fingerprint density at radius 1 is 1.30 bits per heavy atom. The van der Waals surface area contributed by atoms with E-state index < -0.39 is 11.8 Å². The second kappa shape index (κ2) is 7.69. The van der Waals surface area contributed by atoms with Gasteiger partial charge in [-0.15, -0.1) is 11.3 Å². The maximum absolute atomic E-state index is 13.0. The molecule has 1 amide bonds. The molecule has 4 N–H and O–H groups in total. The highest BCUT2D eigenvalue weighted by Gasteiger charge is 2.41. The molecule has 8 heteroatoms. The van der Waals surface area contributed by atoms with Gasteiger partial charge in [-0.05, 0) is 61.0 Å². The number of carbonyl (C=O) groups is 2. The molecule has 1 aliphatic carbocycles. The first kappa shape index (κ1) is 19.7. The lowest BCUT2D eigenvalue weighted by Gasteiger charge is -2.39. The van der Waals surface area contributed by atoms with Crippen LogP contribution in [0, 0.1) is 18.3 Å². The van der Waals surface area contributed by atoms with Crippen LogP contribution in [0.4, 0.5) is 0 Å². The average molecular weight is 420 g/mol. The zero-order valence-corrected chi connectivity index (χ0v) is 17.1. The maximum atomic E-state index is 13.0. The van der Waals surface area contributed by atoms with Gasteiger partial charge < -0.3 is 10.8 Å². The second-order valence-corrected chi connectivity index (χ2v) is 8.22. The summed E-state index contributed by atoms with van der Waals surface area (Å²) in [6, 6.07) is 9.92. The number of benzene rings is 1. The van der Waals surface area contributed by atoms with Crippen molar-refractivity contribution >= 4 is 23.0 Å². The SMILES string of the molecule is Cc1ccsc1C1C(C#N)=C(N)N(NC(=O)c2ccc(O)cc2)C2=C1C(=O)CCC2. The van der Waals surface area contributed by atoms with Crippen molar-refractivity contribution in [2.75, 3.05) is 0 Å². The van der Waals surface area contributed by atoms with Crippen molar-refractivity contribution in [3.63, 3.8) is 0 Å². The van der Waals surface area contributed by atoms with E-state index in [9.17, 15) is 20.0 Å². The Balaban J connectivity index is 1.80. The summed E-state index contributed by atoms with van der Waals surface area (Å²) in [5.41, 5.74) is 11.8.